The summed E-state index contributed by atoms with van der Waals surface area (Å²) in [6.45, 7) is 4.47. The summed E-state index contributed by atoms with van der Waals surface area (Å²) in [7, 11) is 0. The van der Waals surface area contributed by atoms with Crippen LogP contribution in [0.2, 0.25) is 0 Å². The molecule has 0 aliphatic heterocycles. The van der Waals surface area contributed by atoms with E-state index in [4.69, 9.17) is 10.5 Å². The molecule has 0 aliphatic carbocycles. The van der Waals surface area contributed by atoms with Gasteiger partial charge >= 0.3 is 0 Å². The largest absolute Gasteiger partial charge is 0.488 e. The maximum Gasteiger partial charge on any atom is 0.141 e. The molecule has 3 heteroatoms. The third kappa shape index (κ3) is 5.04. The Bertz CT molecular complexity index is 591. The van der Waals surface area contributed by atoms with Gasteiger partial charge < -0.3 is 10.5 Å². The van der Waals surface area contributed by atoms with E-state index in [1.807, 2.05) is 56.3 Å². The first-order valence-electron chi connectivity index (χ1n) is 7.21. The van der Waals surface area contributed by atoms with Gasteiger partial charge in [-0.15, -0.1) is 0 Å². The van der Waals surface area contributed by atoms with Crippen molar-refractivity contribution in [2.45, 2.75) is 26.3 Å². The van der Waals surface area contributed by atoms with E-state index >= 15 is 0 Å². The number of aromatic nitrogens is 1. The molecule has 1 heterocycles. The predicted molar refractivity (Wildman–Crippen MR) is 87.3 cm³/mol. The highest BCUT2D eigenvalue weighted by Gasteiger charge is 2.07. The van der Waals surface area contributed by atoms with Crippen molar-refractivity contribution in [2.24, 2.45) is 5.73 Å². The lowest BCUT2D eigenvalue weighted by Gasteiger charge is -2.12. The molecule has 1 unspecified atom stereocenters. The predicted octanol–water partition coefficient (Wildman–Crippen LogP) is 3.37. The normalized spacial score (nSPS) is 12.5. The van der Waals surface area contributed by atoms with Gasteiger partial charge in [0.2, 0.25) is 0 Å². The van der Waals surface area contributed by atoms with Crippen LogP contribution < -0.4 is 10.5 Å². The van der Waals surface area contributed by atoms with Gasteiger partial charge in [-0.1, -0.05) is 36.4 Å². The van der Waals surface area contributed by atoms with Crippen LogP contribution in [0, 0.1) is 6.92 Å². The lowest BCUT2D eigenvalue weighted by molar-refractivity contribution is 0.356. The van der Waals surface area contributed by atoms with Crippen molar-refractivity contribution < 1.29 is 4.74 Å². The van der Waals surface area contributed by atoms with E-state index in [2.05, 4.69) is 17.1 Å². The second-order valence-electron chi connectivity index (χ2n) is 5.20. The molecule has 0 aliphatic rings. The van der Waals surface area contributed by atoms with Gasteiger partial charge in [-0.2, -0.15) is 0 Å². The van der Waals surface area contributed by atoms with E-state index in [9.17, 15) is 0 Å². The summed E-state index contributed by atoms with van der Waals surface area (Å²) in [5.41, 5.74) is 8.94. The highest BCUT2D eigenvalue weighted by atomic mass is 16.5. The molecular formula is C18H22N2O. The molecule has 0 spiro atoms. The summed E-state index contributed by atoms with van der Waals surface area (Å²) < 4.78 is 5.81. The SMILES string of the molecule is Cc1ccc(OCC=Cc2ccccc2)c(CC(C)N)n1. The molecule has 0 amide bonds. The van der Waals surface area contributed by atoms with Crippen molar-refractivity contribution in [3.63, 3.8) is 0 Å². The number of nitrogens with two attached hydrogens (primary N) is 1. The van der Waals surface area contributed by atoms with E-state index in [0.717, 1.165) is 23.6 Å². The van der Waals surface area contributed by atoms with Gasteiger partial charge in [0.15, 0.2) is 0 Å². The van der Waals surface area contributed by atoms with Gasteiger partial charge in [0.05, 0.1) is 5.69 Å². The molecule has 2 aromatic rings. The van der Waals surface area contributed by atoms with Crippen molar-refractivity contribution in [3.8, 4) is 5.75 Å². The molecule has 1 aromatic heterocycles. The third-order valence-electron chi connectivity index (χ3n) is 3.03. The minimum absolute atomic E-state index is 0.0708. The van der Waals surface area contributed by atoms with E-state index < -0.39 is 0 Å². The van der Waals surface area contributed by atoms with Crippen LogP contribution in [-0.2, 0) is 6.42 Å². The molecule has 0 radical (unpaired) electrons. The minimum Gasteiger partial charge on any atom is -0.488 e. The fourth-order valence-electron chi connectivity index (χ4n) is 2.07. The van der Waals surface area contributed by atoms with Gasteiger partial charge in [-0.3, -0.25) is 4.98 Å². The minimum atomic E-state index is 0.0708. The smallest absolute Gasteiger partial charge is 0.141 e. The standard InChI is InChI=1S/C18H22N2O/c1-14(19)13-17-18(11-10-15(2)20-17)21-12-6-9-16-7-4-3-5-8-16/h3-11,14H,12-13,19H2,1-2H3. The first-order chi connectivity index (χ1) is 10.1. The number of hydrogen-bond acceptors (Lipinski definition) is 3. The molecule has 0 fully saturated rings. The Morgan fingerprint density at radius 2 is 1.95 bits per heavy atom. The van der Waals surface area contributed by atoms with Crippen molar-refractivity contribution in [3.05, 3.63) is 65.5 Å². The molecule has 0 saturated carbocycles. The number of hydrogen-bond donors (Lipinski definition) is 1. The Kier molecular flexibility index (Phi) is 5.52. The second-order valence-corrected chi connectivity index (χ2v) is 5.20. The molecule has 110 valence electrons. The summed E-state index contributed by atoms with van der Waals surface area (Å²) in [5, 5.41) is 0. The molecule has 0 saturated heterocycles. The van der Waals surface area contributed by atoms with Gasteiger partial charge in [0.25, 0.3) is 0 Å². The fourth-order valence-corrected chi connectivity index (χ4v) is 2.07. The summed E-state index contributed by atoms with van der Waals surface area (Å²) in [5.74, 6) is 0.815. The number of ether oxygens (including phenoxy) is 1. The van der Waals surface area contributed by atoms with Crippen molar-refractivity contribution in [1.29, 1.82) is 0 Å². The monoisotopic (exact) mass is 282 g/mol. The van der Waals surface area contributed by atoms with Crippen LogP contribution >= 0.6 is 0 Å². The quantitative estimate of drug-likeness (QED) is 0.883. The molecule has 21 heavy (non-hydrogen) atoms. The van der Waals surface area contributed by atoms with Crippen LogP contribution in [0.4, 0.5) is 0 Å². The van der Waals surface area contributed by atoms with Gasteiger partial charge in [-0.05, 0) is 37.6 Å². The van der Waals surface area contributed by atoms with Crippen LogP contribution in [0.1, 0.15) is 23.9 Å². The van der Waals surface area contributed by atoms with Crippen LogP contribution in [-0.4, -0.2) is 17.6 Å². The Morgan fingerprint density at radius 3 is 2.67 bits per heavy atom. The number of aryl methyl sites for hydroxylation is 1. The van der Waals surface area contributed by atoms with Gasteiger partial charge in [-0.25, -0.2) is 0 Å². The van der Waals surface area contributed by atoms with E-state index in [0.29, 0.717) is 6.61 Å². The number of nitrogens with zero attached hydrogens (tertiary/aromatic N) is 1. The molecule has 3 nitrogen and oxygen atoms in total. The average molecular weight is 282 g/mol. The topological polar surface area (TPSA) is 48.1 Å². The van der Waals surface area contributed by atoms with E-state index in [1.165, 1.54) is 5.56 Å². The Balaban J connectivity index is 1.98. The van der Waals surface area contributed by atoms with Crippen LogP contribution in [0.25, 0.3) is 6.08 Å². The maximum absolute atomic E-state index is 5.86. The van der Waals surface area contributed by atoms with Gasteiger partial charge in [0, 0.05) is 18.2 Å². The van der Waals surface area contributed by atoms with E-state index in [-0.39, 0.29) is 6.04 Å². The second kappa shape index (κ2) is 7.60. The Hall–Kier alpha value is -2.13. The lowest BCUT2D eigenvalue weighted by atomic mass is 10.1. The van der Waals surface area contributed by atoms with Crippen molar-refractivity contribution >= 4 is 6.08 Å². The zero-order valence-electron chi connectivity index (χ0n) is 12.6. The summed E-state index contributed by atoms with van der Waals surface area (Å²) in [4.78, 5) is 4.52. The maximum atomic E-state index is 5.86. The van der Waals surface area contributed by atoms with Crippen molar-refractivity contribution in [2.75, 3.05) is 6.61 Å². The number of rotatable bonds is 6. The average Bonchev–Trinajstić information content (AvgIpc) is 2.46. The first-order valence-corrected chi connectivity index (χ1v) is 7.21. The van der Waals surface area contributed by atoms with E-state index in [1.54, 1.807) is 0 Å². The molecular weight excluding hydrogens is 260 g/mol. The summed E-state index contributed by atoms with van der Waals surface area (Å²) >= 11 is 0. The lowest BCUT2D eigenvalue weighted by Crippen LogP contribution is -2.19. The molecule has 2 rings (SSSR count). The number of benzene rings is 1. The Morgan fingerprint density at radius 1 is 1.19 bits per heavy atom. The molecule has 2 N–H and O–H groups in total. The Labute approximate surface area is 126 Å². The molecule has 0 bridgehead atoms. The number of pyridine rings is 1. The summed E-state index contributed by atoms with van der Waals surface area (Å²) in [6.07, 6.45) is 4.77. The highest BCUT2D eigenvalue weighted by Crippen LogP contribution is 2.18. The highest BCUT2D eigenvalue weighted by molar-refractivity contribution is 5.48. The molecule has 1 atom stereocenters. The van der Waals surface area contributed by atoms with Crippen LogP contribution in [0.15, 0.2) is 48.5 Å². The van der Waals surface area contributed by atoms with Crippen LogP contribution in [0.5, 0.6) is 5.75 Å². The van der Waals surface area contributed by atoms with Crippen molar-refractivity contribution in [1.82, 2.24) is 4.98 Å². The fraction of sp³-hybridized carbons (Fsp3) is 0.278. The molecule has 1 aromatic carbocycles. The third-order valence-corrected chi connectivity index (χ3v) is 3.03. The first kappa shape index (κ1) is 15.3. The van der Waals surface area contributed by atoms with Crippen LogP contribution in [0.3, 0.4) is 0 Å². The zero-order valence-corrected chi connectivity index (χ0v) is 12.6. The van der Waals surface area contributed by atoms with Gasteiger partial charge in [0.1, 0.15) is 12.4 Å². The zero-order chi connectivity index (χ0) is 15.1. The summed E-state index contributed by atoms with van der Waals surface area (Å²) in [6, 6.07) is 14.2.